The number of benzene rings is 2. The lowest BCUT2D eigenvalue weighted by atomic mass is 9.79. The predicted octanol–water partition coefficient (Wildman–Crippen LogP) is 3.43. The maximum absolute atomic E-state index is 11.4. The number of hydrogen-bond acceptors (Lipinski definition) is 4. The minimum atomic E-state index is -4.29. The van der Waals surface area contributed by atoms with Crippen LogP contribution in [0.4, 0.5) is 0 Å². The Labute approximate surface area is 153 Å². The van der Waals surface area contributed by atoms with Gasteiger partial charge in [-0.1, -0.05) is 37.6 Å². The molecule has 0 atom stereocenters. The third kappa shape index (κ3) is 3.18. The highest BCUT2D eigenvalue weighted by molar-refractivity contribution is 7.86. The van der Waals surface area contributed by atoms with Gasteiger partial charge in [-0.3, -0.25) is 9.11 Å². The summed E-state index contributed by atoms with van der Waals surface area (Å²) in [5, 5.41) is 1.52. The molecule has 0 fully saturated rings. The molecule has 8 heteroatoms. The molecule has 26 heavy (non-hydrogen) atoms. The summed E-state index contributed by atoms with van der Waals surface area (Å²) in [5.74, 6) is -0.352. The van der Waals surface area contributed by atoms with Crippen molar-refractivity contribution >= 4 is 36.6 Å². The SMILES string of the molecule is CC1=C(CCS(=O)(=O)O)c2ccc3cc(S(=O)(=O)O)ccc3c2C1(C)C. The van der Waals surface area contributed by atoms with Gasteiger partial charge in [0, 0.05) is 5.41 Å². The van der Waals surface area contributed by atoms with Crippen LogP contribution in [0.3, 0.4) is 0 Å². The Morgan fingerprint density at radius 2 is 1.65 bits per heavy atom. The summed E-state index contributed by atoms with van der Waals surface area (Å²) in [6, 6.07) is 8.04. The van der Waals surface area contributed by atoms with E-state index in [4.69, 9.17) is 4.55 Å². The molecule has 2 N–H and O–H groups in total. The van der Waals surface area contributed by atoms with E-state index in [1.54, 1.807) is 12.1 Å². The standard InChI is InChI=1S/C18H20O6S2/c1-11-14(8-9-25(19,20)21)16-6-4-12-10-13(26(22,23)24)5-7-15(12)17(16)18(11,2)3/h4-7,10H,8-9H2,1-3H3,(H,19,20,21)(H,22,23,24). The van der Waals surface area contributed by atoms with Gasteiger partial charge in [-0.2, -0.15) is 16.8 Å². The molecule has 0 saturated carbocycles. The van der Waals surface area contributed by atoms with Gasteiger partial charge in [0.05, 0.1) is 10.6 Å². The van der Waals surface area contributed by atoms with E-state index >= 15 is 0 Å². The first-order chi connectivity index (χ1) is 11.8. The van der Waals surface area contributed by atoms with Crippen molar-refractivity contribution in [1.29, 1.82) is 0 Å². The highest BCUT2D eigenvalue weighted by Crippen LogP contribution is 2.50. The Balaban J connectivity index is 2.21. The van der Waals surface area contributed by atoms with Gasteiger partial charge in [-0.15, -0.1) is 0 Å². The van der Waals surface area contributed by atoms with Crippen LogP contribution in [0.2, 0.25) is 0 Å². The van der Waals surface area contributed by atoms with E-state index in [1.165, 1.54) is 12.1 Å². The molecule has 6 nitrogen and oxygen atoms in total. The van der Waals surface area contributed by atoms with E-state index in [2.05, 4.69) is 0 Å². The van der Waals surface area contributed by atoms with Crippen molar-refractivity contribution in [3.63, 3.8) is 0 Å². The topological polar surface area (TPSA) is 109 Å². The van der Waals surface area contributed by atoms with Crippen molar-refractivity contribution in [2.24, 2.45) is 0 Å². The fourth-order valence-corrected chi connectivity index (χ4v) is 4.69. The molecule has 0 unspecified atom stereocenters. The molecule has 1 aliphatic rings. The zero-order valence-electron chi connectivity index (χ0n) is 14.6. The molecule has 0 heterocycles. The van der Waals surface area contributed by atoms with Crippen LogP contribution in [0.5, 0.6) is 0 Å². The molecule has 0 bridgehead atoms. The summed E-state index contributed by atoms with van der Waals surface area (Å²) in [7, 11) is -8.36. The molecular weight excluding hydrogens is 376 g/mol. The van der Waals surface area contributed by atoms with Crippen LogP contribution >= 0.6 is 0 Å². The van der Waals surface area contributed by atoms with Crippen LogP contribution in [0.25, 0.3) is 16.3 Å². The summed E-state index contributed by atoms with van der Waals surface area (Å²) in [6.07, 6.45) is 0.204. The van der Waals surface area contributed by atoms with Crippen molar-refractivity contribution in [2.45, 2.75) is 37.5 Å². The van der Waals surface area contributed by atoms with Gasteiger partial charge in [-0.05, 0) is 52.9 Å². The van der Waals surface area contributed by atoms with E-state index in [0.717, 1.165) is 27.7 Å². The van der Waals surface area contributed by atoms with Crippen LogP contribution in [0, 0.1) is 0 Å². The first-order valence-corrected chi connectivity index (χ1v) is 11.1. The zero-order chi connectivity index (χ0) is 19.5. The predicted molar refractivity (Wildman–Crippen MR) is 100 cm³/mol. The Kier molecular flexibility index (Phi) is 4.31. The van der Waals surface area contributed by atoms with Crippen LogP contribution in [-0.4, -0.2) is 31.7 Å². The lowest BCUT2D eigenvalue weighted by molar-refractivity contribution is 0.481. The van der Waals surface area contributed by atoms with Gasteiger partial charge in [-0.25, -0.2) is 0 Å². The number of fused-ring (bicyclic) bond motifs is 3. The Morgan fingerprint density at radius 1 is 1.00 bits per heavy atom. The minimum Gasteiger partial charge on any atom is -0.286 e. The van der Waals surface area contributed by atoms with E-state index in [1.807, 2.05) is 26.8 Å². The van der Waals surface area contributed by atoms with Crippen LogP contribution in [0.15, 0.2) is 40.8 Å². The Bertz CT molecular complexity index is 1160. The average molecular weight is 396 g/mol. The second-order valence-electron chi connectivity index (χ2n) is 7.11. The minimum absolute atomic E-state index is 0.169. The maximum atomic E-state index is 11.4. The van der Waals surface area contributed by atoms with Crippen molar-refractivity contribution in [3.8, 4) is 0 Å². The molecule has 2 aromatic carbocycles. The van der Waals surface area contributed by atoms with Crippen molar-refractivity contribution in [2.75, 3.05) is 5.75 Å². The van der Waals surface area contributed by atoms with E-state index in [0.29, 0.717) is 5.39 Å². The van der Waals surface area contributed by atoms with Gasteiger partial charge in [0.2, 0.25) is 0 Å². The second kappa shape index (κ2) is 5.88. The Morgan fingerprint density at radius 3 is 2.23 bits per heavy atom. The smallest absolute Gasteiger partial charge is 0.286 e. The maximum Gasteiger partial charge on any atom is 0.294 e. The first kappa shape index (κ1) is 19.0. The monoisotopic (exact) mass is 396 g/mol. The Hall–Kier alpha value is -1.74. The summed E-state index contributed by atoms with van der Waals surface area (Å²) < 4.78 is 63.5. The summed E-state index contributed by atoms with van der Waals surface area (Å²) in [5.41, 5.74) is 3.41. The fraction of sp³-hybridized carbons (Fsp3) is 0.333. The first-order valence-electron chi connectivity index (χ1n) is 8.03. The highest BCUT2D eigenvalue weighted by Gasteiger charge is 2.36. The number of allylic oxidation sites excluding steroid dienone is 2. The van der Waals surface area contributed by atoms with E-state index in [-0.39, 0.29) is 22.5 Å². The molecule has 0 amide bonds. The third-order valence-electron chi connectivity index (χ3n) is 5.24. The lowest BCUT2D eigenvalue weighted by Gasteiger charge is -2.24. The van der Waals surface area contributed by atoms with Crippen molar-refractivity contribution in [1.82, 2.24) is 0 Å². The second-order valence-corrected chi connectivity index (χ2v) is 10.1. The molecule has 3 rings (SSSR count). The van der Waals surface area contributed by atoms with Crippen molar-refractivity contribution in [3.05, 3.63) is 47.0 Å². The summed E-state index contributed by atoms with van der Waals surface area (Å²) in [4.78, 5) is -0.169. The van der Waals surface area contributed by atoms with Gasteiger partial charge in [0.15, 0.2) is 0 Å². The largest absolute Gasteiger partial charge is 0.294 e. The molecule has 0 spiro atoms. The van der Waals surface area contributed by atoms with E-state index in [9.17, 15) is 21.4 Å². The van der Waals surface area contributed by atoms with Crippen LogP contribution in [-0.2, 0) is 25.7 Å². The molecule has 0 saturated heterocycles. The van der Waals surface area contributed by atoms with Gasteiger partial charge < -0.3 is 0 Å². The number of hydrogen-bond donors (Lipinski definition) is 2. The summed E-state index contributed by atoms with van der Waals surface area (Å²) >= 11 is 0. The lowest BCUT2D eigenvalue weighted by Crippen LogP contribution is -2.16. The van der Waals surface area contributed by atoms with Crippen molar-refractivity contribution < 1.29 is 25.9 Å². The summed E-state index contributed by atoms with van der Waals surface area (Å²) in [6.45, 7) is 5.99. The molecule has 140 valence electrons. The average Bonchev–Trinajstić information content (AvgIpc) is 2.70. The van der Waals surface area contributed by atoms with E-state index < -0.39 is 20.2 Å². The zero-order valence-corrected chi connectivity index (χ0v) is 16.3. The molecule has 0 aliphatic heterocycles. The number of rotatable bonds is 4. The quantitative estimate of drug-likeness (QED) is 0.767. The highest BCUT2D eigenvalue weighted by atomic mass is 32.2. The molecule has 1 aliphatic carbocycles. The van der Waals surface area contributed by atoms with Gasteiger partial charge in [0.25, 0.3) is 20.2 Å². The molecule has 2 aromatic rings. The molecule has 0 aromatic heterocycles. The normalized spacial score (nSPS) is 17.0. The van der Waals surface area contributed by atoms with Gasteiger partial charge >= 0.3 is 0 Å². The molecule has 0 radical (unpaired) electrons. The molecular formula is C18H20O6S2. The third-order valence-corrected chi connectivity index (χ3v) is 6.81. The van der Waals surface area contributed by atoms with Gasteiger partial charge in [0.1, 0.15) is 0 Å². The van der Waals surface area contributed by atoms with Crippen LogP contribution in [0.1, 0.15) is 38.3 Å². The fourth-order valence-electron chi connectivity index (χ4n) is 3.71. The van der Waals surface area contributed by atoms with Crippen LogP contribution < -0.4 is 0 Å².